The van der Waals surface area contributed by atoms with Crippen molar-refractivity contribution in [3.8, 4) is 0 Å². The maximum atomic E-state index is 13.2. The third kappa shape index (κ3) is 46.8. The van der Waals surface area contributed by atoms with Crippen molar-refractivity contribution in [2.24, 2.45) is 0 Å². The molecule has 0 rings (SSSR count). The highest BCUT2D eigenvalue weighted by atomic mass is 16.5. The van der Waals surface area contributed by atoms with Gasteiger partial charge in [-0.3, -0.25) is 9.59 Å². The fourth-order valence-electron chi connectivity index (χ4n) is 7.38. The molecule has 0 aromatic carbocycles. The summed E-state index contributed by atoms with van der Waals surface area (Å²) in [6.45, 7) is 6.21. The topological polar surface area (TPSA) is 95.9 Å². The Morgan fingerprint density at radius 3 is 1.31 bits per heavy atom. The molecule has 0 saturated heterocycles. The van der Waals surface area contributed by atoms with E-state index in [1.807, 2.05) is 6.08 Å². The summed E-state index contributed by atoms with van der Waals surface area (Å²) >= 11 is 0. The number of carbonyl (C=O) groups is 2. The Labute approximate surface area is 400 Å². The molecule has 0 aromatic rings. The zero-order chi connectivity index (χ0) is 47.4. The van der Waals surface area contributed by atoms with Gasteiger partial charge in [0, 0.05) is 6.42 Å². The van der Waals surface area contributed by atoms with E-state index >= 15 is 0 Å². The highest BCUT2D eigenvalue weighted by molar-refractivity contribution is 5.78. The highest BCUT2D eigenvalue weighted by Gasteiger charge is 2.23. The number of ether oxygens (including phenoxy) is 1. The second-order valence-electron chi connectivity index (χ2n) is 17.5. The quantitative estimate of drug-likeness (QED) is 0.0321. The number of aliphatic hydroxyl groups excluding tert-OH is 2. The molecule has 6 heteroatoms. The summed E-state index contributed by atoms with van der Waals surface area (Å²) in [5, 5.41) is 23.7. The Hall–Kier alpha value is -3.48. The Morgan fingerprint density at radius 2 is 0.862 bits per heavy atom. The van der Waals surface area contributed by atoms with E-state index in [1.54, 1.807) is 6.08 Å². The first-order valence-electron chi connectivity index (χ1n) is 26.6. The van der Waals surface area contributed by atoms with Crippen LogP contribution < -0.4 is 5.32 Å². The van der Waals surface area contributed by atoms with Gasteiger partial charge in [-0.25, -0.2) is 0 Å². The number of nitrogens with one attached hydrogen (secondary N) is 1. The molecule has 0 aromatic heterocycles. The molecule has 0 spiro atoms. The molecular formula is C59H99NO5. The lowest BCUT2D eigenvalue weighted by atomic mass is 10.0. The first-order valence-corrected chi connectivity index (χ1v) is 26.6. The third-order valence-corrected chi connectivity index (χ3v) is 11.3. The minimum Gasteiger partial charge on any atom is -0.458 e. The van der Waals surface area contributed by atoms with Gasteiger partial charge in [-0.15, -0.1) is 0 Å². The molecule has 65 heavy (non-hydrogen) atoms. The molecule has 370 valence electrons. The molecule has 0 aliphatic rings. The summed E-state index contributed by atoms with van der Waals surface area (Å²) in [5.41, 5.74) is 0. The summed E-state index contributed by atoms with van der Waals surface area (Å²) < 4.78 is 5.83. The van der Waals surface area contributed by atoms with Gasteiger partial charge in [0.1, 0.15) is 6.10 Å². The largest absolute Gasteiger partial charge is 0.458 e. The SMILES string of the molecule is CC/C=C\C/C=C\C/C=C\C/C=C\C/C=C\C/C=C\C(CC(=O)NC(CO)C(O)CCCCCCCCCCCCCCC)OC(=O)CCCCCCCC/C=C/C/C=C/C/C=C/CC. The summed E-state index contributed by atoms with van der Waals surface area (Å²) in [5.74, 6) is -0.652. The van der Waals surface area contributed by atoms with Crippen LogP contribution in [0.2, 0.25) is 0 Å². The van der Waals surface area contributed by atoms with Crippen LogP contribution in [-0.4, -0.2) is 46.9 Å². The van der Waals surface area contributed by atoms with Gasteiger partial charge in [-0.2, -0.15) is 0 Å². The van der Waals surface area contributed by atoms with Gasteiger partial charge in [0.2, 0.25) is 5.91 Å². The van der Waals surface area contributed by atoms with E-state index in [0.717, 1.165) is 103 Å². The van der Waals surface area contributed by atoms with Crippen molar-refractivity contribution in [2.75, 3.05) is 6.61 Å². The Kier molecular flexibility index (Phi) is 48.7. The molecule has 0 heterocycles. The molecule has 3 N–H and O–H groups in total. The molecule has 1 amide bonds. The Morgan fingerprint density at radius 1 is 0.477 bits per heavy atom. The number of carbonyl (C=O) groups excluding carboxylic acids is 2. The number of allylic oxidation sites excluding steroid dienone is 17. The molecule has 0 saturated carbocycles. The lowest BCUT2D eigenvalue weighted by Crippen LogP contribution is -2.46. The van der Waals surface area contributed by atoms with Gasteiger partial charge in [0.15, 0.2) is 0 Å². The molecular weight excluding hydrogens is 803 g/mol. The lowest BCUT2D eigenvalue weighted by Gasteiger charge is -2.23. The van der Waals surface area contributed by atoms with Crippen molar-refractivity contribution < 1.29 is 24.5 Å². The minimum absolute atomic E-state index is 0.0586. The van der Waals surface area contributed by atoms with E-state index in [2.05, 4.69) is 123 Å². The first-order chi connectivity index (χ1) is 32.0. The van der Waals surface area contributed by atoms with Crippen LogP contribution in [0.5, 0.6) is 0 Å². The summed E-state index contributed by atoms with van der Waals surface area (Å²) in [7, 11) is 0. The maximum absolute atomic E-state index is 13.2. The normalized spacial score (nSPS) is 14.1. The van der Waals surface area contributed by atoms with Crippen molar-refractivity contribution in [2.45, 2.75) is 244 Å². The second-order valence-corrected chi connectivity index (χ2v) is 17.5. The molecule has 0 aliphatic heterocycles. The average Bonchev–Trinajstić information content (AvgIpc) is 3.30. The summed E-state index contributed by atoms with van der Waals surface area (Å²) in [6.07, 6.45) is 70.3. The first kappa shape index (κ1) is 61.5. The molecule has 0 aliphatic carbocycles. The Balaban J connectivity index is 4.80. The van der Waals surface area contributed by atoms with Crippen molar-refractivity contribution >= 4 is 11.9 Å². The standard InChI is InChI=1S/C59H99NO5/c1-4-7-10-13-16-19-22-25-27-29-30-33-35-38-41-44-47-50-55(65-59(64)52-49-46-43-40-37-34-31-28-26-23-20-17-14-11-8-5-2)53-58(63)60-56(54-61)57(62)51-48-45-42-39-36-32-24-21-18-15-12-9-6-3/h7-8,10-11,16-17,19-20,25-28,30,33,38,41,47,50,55-57,61-62H,4-6,9,12-15,18,21-24,29,31-32,34-37,39-40,42-46,48-49,51-54H2,1-3H3,(H,60,63)/b10-7-,11-8+,19-16-,20-17+,27-25-,28-26+,33-30-,41-38-,50-47-. The zero-order valence-electron chi connectivity index (χ0n) is 42.1. The van der Waals surface area contributed by atoms with Gasteiger partial charge in [0.25, 0.3) is 0 Å². The minimum atomic E-state index is -0.828. The summed E-state index contributed by atoms with van der Waals surface area (Å²) in [4.78, 5) is 26.1. The smallest absolute Gasteiger partial charge is 0.306 e. The van der Waals surface area contributed by atoms with Gasteiger partial charge in [-0.1, -0.05) is 233 Å². The van der Waals surface area contributed by atoms with E-state index in [9.17, 15) is 19.8 Å². The number of esters is 1. The van der Waals surface area contributed by atoms with Crippen molar-refractivity contribution in [1.29, 1.82) is 0 Å². The predicted octanol–water partition coefficient (Wildman–Crippen LogP) is 16.3. The van der Waals surface area contributed by atoms with E-state index < -0.39 is 18.2 Å². The molecule has 0 bridgehead atoms. The number of hydrogen-bond acceptors (Lipinski definition) is 5. The van der Waals surface area contributed by atoms with E-state index in [0.29, 0.717) is 19.3 Å². The molecule has 3 atom stereocenters. The third-order valence-electron chi connectivity index (χ3n) is 11.3. The maximum Gasteiger partial charge on any atom is 0.306 e. The van der Waals surface area contributed by atoms with Crippen LogP contribution >= 0.6 is 0 Å². The van der Waals surface area contributed by atoms with Crippen molar-refractivity contribution in [1.82, 2.24) is 5.32 Å². The van der Waals surface area contributed by atoms with Crippen LogP contribution in [0.1, 0.15) is 226 Å². The van der Waals surface area contributed by atoms with Crippen molar-refractivity contribution in [3.05, 3.63) is 109 Å². The van der Waals surface area contributed by atoms with Gasteiger partial charge >= 0.3 is 5.97 Å². The van der Waals surface area contributed by atoms with Crippen LogP contribution in [0.3, 0.4) is 0 Å². The van der Waals surface area contributed by atoms with E-state index in [-0.39, 0.29) is 24.9 Å². The number of aliphatic hydroxyl groups is 2. The fourth-order valence-corrected chi connectivity index (χ4v) is 7.38. The van der Waals surface area contributed by atoms with Crippen LogP contribution in [0.15, 0.2) is 109 Å². The van der Waals surface area contributed by atoms with E-state index in [4.69, 9.17) is 4.74 Å². The second kappa shape index (κ2) is 51.5. The fraction of sp³-hybridized carbons (Fsp3) is 0.661. The van der Waals surface area contributed by atoms with Crippen LogP contribution in [0.25, 0.3) is 0 Å². The van der Waals surface area contributed by atoms with Crippen molar-refractivity contribution in [3.63, 3.8) is 0 Å². The Bertz CT molecular complexity index is 1330. The van der Waals surface area contributed by atoms with Gasteiger partial charge in [-0.05, 0) is 89.5 Å². The average molecular weight is 902 g/mol. The number of rotatable bonds is 46. The molecule has 3 unspecified atom stereocenters. The van der Waals surface area contributed by atoms with Gasteiger partial charge < -0.3 is 20.3 Å². The summed E-state index contributed by atoms with van der Waals surface area (Å²) in [6, 6.07) is -0.752. The highest BCUT2D eigenvalue weighted by Crippen LogP contribution is 2.16. The number of amides is 1. The number of hydrogen-bond donors (Lipinski definition) is 3. The lowest BCUT2D eigenvalue weighted by molar-refractivity contribution is -0.148. The molecule has 0 radical (unpaired) electrons. The molecule has 0 fully saturated rings. The van der Waals surface area contributed by atoms with Gasteiger partial charge in [0.05, 0.1) is 25.2 Å². The monoisotopic (exact) mass is 902 g/mol. The predicted molar refractivity (Wildman–Crippen MR) is 282 cm³/mol. The molecule has 6 nitrogen and oxygen atoms in total. The van der Waals surface area contributed by atoms with Crippen LogP contribution in [0, 0.1) is 0 Å². The number of unbranched alkanes of at least 4 members (excludes halogenated alkanes) is 18. The van der Waals surface area contributed by atoms with Crippen LogP contribution in [-0.2, 0) is 14.3 Å². The van der Waals surface area contributed by atoms with Crippen LogP contribution in [0.4, 0.5) is 0 Å². The zero-order valence-corrected chi connectivity index (χ0v) is 42.1. The van der Waals surface area contributed by atoms with E-state index in [1.165, 1.54) is 77.0 Å².